The first-order valence-corrected chi connectivity index (χ1v) is 10.2. The highest BCUT2D eigenvalue weighted by molar-refractivity contribution is 6.31. The Kier molecular flexibility index (Phi) is 5.45. The van der Waals surface area contributed by atoms with Crippen LogP contribution in [0.25, 0.3) is 0 Å². The zero-order valence-electron chi connectivity index (χ0n) is 16.1. The molecule has 0 radical (unpaired) electrons. The number of hydrogen-bond donors (Lipinski definition) is 2. The van der Waals surface area contributed by atoms with E-state index >= 15 is 0 Å². The lowest BCUT2D eigenvalue weighted by Gasteiger charge is -2.26. The van der Waals surface area contributed by atoms with Gasteiger partial charge in [-0.3, -0.25) is 0 Å². The molecule has 1 saturated carbocycles. The van der Waals surface area contributed by atoms with Crippen LogP contribution in [0.15, 0.2) is 48.5 Å². The standard InChI is InChI=1S/C22H22ClF3N2O2/c23-19-7-6-17(8-18(19)22(24,25)26)27-20(29)28-12-15-10-21(30,11-16(15)13-28)9-14-4-2-1-3-5-14/h1-8,15-16,30H,9-13H2,(H,27,29)/t15-,16+,21?. The smallest absolute Gasteiger partial charge is 0.390 e. The fourth-order valence-electron chi connectivity index (χ4n) is 4.77. The fraction of sp³-hybridized carbons (Fsp3) is 0.409. The van der Waals surface area contributed by atoms with Crippen molar-refractivity contribution in [1.82, 2.24) is 4.90 Å². The molecule has 2 N–H and O–H groups in total. The van der Waals surface area contributed by atoms with Crippen LogP contribution in [0.4, 0.5) is 23.7 Å². The molecule has 1 saturated heterocycles. The number of carbonyl (C=O) groups is 1. The molecular formula is C22H22ClF3N2O2. The topological polar surface area (TPSA) is 52.6 Å². The van der Waals surface area contributed by atoms with Crippen LogP contribution in [0.5, 0.6) is 0 Å². The minimum atomic E-state index is -4.59. The summed E-state index contributed by atoms with van der Waals surface area (Å²) in [5.74, 6) is 0.362. The van der Waals surface area contributed by atoms with Gasteiger partial charge in [0.15, 0.2) is 0 Å². The van der Waals surface area contributed by atoms with Gasteiger partial charge >= 0.3 is 12.2 Å². The van der Waals surface area contributed by atoms with Crippen LogP contribution >= 0.6 is 11.6 Å². The molecule has 3 atom stereocenters. The predicted molar refractivity (Wildman–Crippen MR) is 108 cm³/mol. The number of halogens is 4. The average molecular weight is 439 g/mol. The molecule has 2 aliphatic rings. The second-order valence-corrected chi connectivity index (χ2v) is 8.75. The summed E-state index contributed by atoms with van der Waals surface area (Å²) in [6.45, 7) is 0.959. The number of amides is 2. The first-order chi connectivity index (χ1) is 14.1. The van der Waals surface area contributed by atoms with Crippen molar-refractivity contribution in [3.8, 4) is 0 Å². The van der Waals surface area contributed by atoms with Gasteiger partial charge in [-0.2, -0.15) is 13.2 Å². The second kappa shape index (κ2) is 7.78. The molecule has 0 aromatic heterocycles. The van der Waals surface area contributed by atoms with E-state index in [1.807, 2.05) is 30.3 Å². The summed E-state index contributed by atoms with van der Waals surface area (Å²) in [5, 5.41) is 13.1. The van der Waals surface area contributed by atoms with E-state index in [2.05, 4.69) is 5.32 Å². The Morgan fingerprint density at radius 1 is 1.13 bits per heavy atom. The number of nitrogens with one attached hydrogen (secondary N) is 1. The van der Waals surface area contributed by atoms with Gasteiger partial charge in [0, 0.05) is 25.2 Å². The number of hydrogen-bond acceptors (Lipinski definition) is 2. The molecule has 2 aromatic rings. The van der Waals surface area contributed by atoms with Gasteiger partial charge in [0.1, 0.15) is 0 Å². The van der Waals surface area contributed by atoms with E-state index in [9.17, 15) is 23.1 Å². The summed E-state index contributed by atoms with van der Waals surface area (Å²) < 4.78 is 39.1. The van der Waals surface area contributed by atoms with Crippen molar-refractivity contribution in [1.29, 1.82) is 0 Å². The van der Waals surface area contributed by atoms with Crippen LogP contribution in [0.3, 0.4) is 0 Å². The van der Waals surface area contributed by atoms with E-state index in [1.165, 1.54) is 6.07 Å². The molecule has 1 aliphatic carbocycles. The van der Waals surface area contributed by atoms with Crippen LogP contribution in [-0.2, 0) is 12.6 Å². The summed E-state index contributed by atoms with van der Waals surface area (Å²) in [6.07, 6.45) is -2.80. The van der Waals surface area contributed by atoms with Crippen molar-refractivity contribution in [2.45, 2.75) is 31.0 Å². The molecule has 4 rings (SSSR count). The zero-order chi connectivity index (χ0) is 21.5. The van der Waals surface area contributed by atoms with Crippen molar-refractivity contribution in [2.75, 3.05) is 18.4 Å². The van der Waals surface area contributed by atoms with Gasteiger partial charge in [-0.15, -0.1) is 0 Å². The van der Waals surface area contributed by atoms with E-state index in [0.717, 1.165) is 17.7 Å². The van der Waals surface area contributed by atoms with Gasteiger partial charge in [0.25, 0.3) is 0 Å². The number of alkyl halides is 3. The van der Waals surface area contributed by atoms with E-state index < -0.39 is 28.4 Å². The van der Waals surface area contributed by atoms with Gasteiger partial charge in [0.2, 0.25) is 0 Å². The monoisotopic (exact) mass is 438 g/mol. The summed E-state index contributed by atoms with van der Waals surface area (Å²) in [5.41, 5.74) is -0.629. The highest BCUT2D eigenvalue weighted by Crippen LogP contribution is 2.45. The maximum atomic E-state index is 13.0. The normalized spacial score (nSPS) is 26.0. The lowest BCUT2D eigenvalue weighted by atomic mass is 9.91. The SMILES string of the molecule is O=C(Nc1ccc(Cl)c(C(F)(F)F)c1)N1C[C@@H]2CC(O)(Cc3ccccc3)C[C@@H]2C1. The Labute approximate surface area is 177 Å². The number of nitrogens with zero attached hydrogens (tertiary/aromatic N) is 1. The molecule has 1 aliphatic heterocycles. The minimum absolute atomic E-state index is 0.0503. The molecule has 2 fully saturated rings. The summed E-state index contributed by atoms with van der Waals surface area (Å²) in [7, 11) is 0. The molecule has 160 valence electrons. The summed E-state index contributed by atoms with van der Waals surface area (Å²) >= 11 is 5.63. The number of benzene rings is 2. The van der Waals surface area contributed by atoms with E-state index in [-0.39, 0.29) is 17.5 Å². The second-order valence-electron chi connectivity index (χ2n) is 8.34. The third-order valence-electron chi connectivity index (χ3n) is 6.05. The highest BCUT2D eigenvalue weighted by Gasteiger charge is 2.49. The number of likely N-dealkylation sites (tertiary alicyclic amines) is 1. The third kappa shape index (κ3) is 4.42. The molecule has 30 heavy (non-hydrogen) atoms. The number of urea groups is 1. The van der Waals surface area contributed by atoms with E-state index in [4.69, 9.17) is 11.6 Å². The molecule has 2 amide bonds. The van der Waals surface area contributed by atoms with E-state index in [0.29, 0.717) is 32.4 Å². The Bertz CT molecular complexity index is 922. The van der Waals surface area contributed by atoms with Gasteiger partial charge < -0.3 is 15.3 Å². The molecule has 1 heterocycles. The van der Waals surface area contributed by atoms with E-state index in [1.54, 1.807) is 4.90 Å². The Hall–Kier alpha value is -2.25. The maximum Gasteiger partial charge on any atom is 0.417 e. The van der Waals surface area contributed by atoms with Gasteiger partial charge in [-0.05, 0) is 48.4 Å². The Balaban J connectivity index is 1.37. The lowest BCUT2D eigenvalue weighted by molar-refractivity contribution is -0.137. The number of carbonyl (C=O) groups excluding carboxylic acids is 1. The Morgan fingerprint density at radius 3 is 2.37 bits per heavy atom. The largest absolute Gasteiger partial charge is 0.417 e. The minimum Gasteiger partial charge on any atom is -0.390 e. The first kappa shape index (κ1) is 21.0. The van der Waals surface area contributed by atoms with Crippen LogP contribution in [-0.4, -0.2) is 34.7 Å². The van der Waals surface area contributed by atoms with Gasteiger partial charge in [-0.25, -0.2) is 4.79 Å². The zero-order valence-corrected chi connectivity index (χ0v) is 16.9. The van der Waals surface area contributed by atoms with Crippen LogP contribution in [0.2, 0.25) is 5.02 Å². The maximum absolute atomic E-state index is 13.0. The lowest BCUT2D eigenvalue weighted by Crippen LogP contribution is -2.36. The van der Waals surface area contributed by atoms with Gasteiger partial charge in [-0.1, -0.05) is 41.9 Å². The molecule has 1 unspecified atom stereocenters. The predicted octanol–water partition coefficient (Wildman–Crippen LogP) is 5.21. The molecule has 8 heteroatoms. The highest BCUT2D eigenvalue weighted by atomic mass is 35.5. The van der Waals surface area contributed by atoms with Crippen molar-refractivity contribution in [3.05, 3.63) is 64.7 Å². The summed E-state index contributed by atoms with van der Waals surface area (Å²) in [4.78, 5) is 14.2. The molecule has 4 nitrogen and oxygen atoms in total. The average Bonchev–Trinajstić information content (AvgIpc) is 3.18. The van der Waals surface area contributed by atoms with Crippen molar-refractivity contribution in [3.63, 3.8) is 0 Å². The van der Waals surface area contributed by atoms with Crippen LogP contribution in [0, 0.1) is 11.8 Å². The molecular weight excluding hydrogens is 417 g/mol. The number of fused-ring (bicyclic) bond motifs is 1. The quantitative estimate of drug-likeness (QED) is 0.691. The summed E-state index contributed by atoms with van der Waals surface area (Å²) in [6, 6.07) is 12.7. The number of aliphatic hydroxyl groups is 1. The van der Waals surface area contributed by atoms with Crippen molar-refractivity contribution in [2.24, 2.45) is 11.8 Å². The fourth-order valence-corrected chi connectivity index (χ4v) is 4.99. The molecule has 0 spiro atoms. The number of anilines is 1. The van der Waals surface area contributed by atoms with Crippen LogP contribution in [0.1, 0.15) is 24.0 Å². The Morgan fingerprint density at radius 2 is 1.77 bits per heavy atom. The molecule has 2 aromatic carbocycles. The third-order valence-corrected chi connectivity index (χ3v) is 6.38. The number of rotatable bonds is 3. The van der Waals surface area contributed by atoms with Crippen molar-refractivity contribution < 1.29 is 23.1 Å². The first-order valence-electron chi connectivity index (χ1n) is 9.82. The van der Waals surface area contributed by atoms with Crippen LogP contribution < -0.4 is 5.32 Å². The van der Waals surface area contributed by atoms with Gasteiger partial charge in [0.05, 0.1) is 16.2 Å². The van der Waals surface area contributed by atoms with Crippen molar-refractivity contribution >= 4 is 23.3 Å². The molecule has 0 bridgehead atoms.